The Morgan fingerprint density at radius 3 is 3.00 bits per heavy atom. The van der Waals surface area contributed by atoms with Crippen molar-refractivity contribution in [3.8, 4) is 6.07 Å². The number of nitriles is 1. The van der Waals surface area contributed by atoms with Crippen molar-refractivity contribution >= 4 is 5.82 Å². The highest BCUT2D eigenvalue weighted by atomic mass is 15.2. The molecule has 0 fully saturated rings. The van der Waals surface area contributed by atoms with Crippen LogP contribution in [0.3, 0.4) is 0 Å². The molecule has 1 unspecified atom stereocenters. The molecule has 1 aliphatic rings. The predicted octanol–water partition coefficient (Wildman–Crippen LogP) is 2.56. The fourth-order valence-electron chi connectivity index (χ4n) is 2.34. The van der Waals surface area contributed by atoms with Crippen molar-refractivity contribution < 1.29 is 0 Å². The third-order valence-corrected chi connectivity index (χ3v) is 3.33. The Morgan fingerprint density at radius 2 is 2.29 bits per heavy atom. The van der Waals surface area contributed by atoms with Gasteiger partial charge in [-0.3, -0.25) is 0 Å². The van der Waals surface area contributed by atoms with E-state index in [1.54, 1.807) is 0 Å². The molecule has 3 heteroatoms. The van der Waals surface area contributed by atoms with Gasteiger partial charge in [0.1, 0.15) is 5.82 Å². The minimum Gasteiger partial charge on any atom is -0.356 e. The maximum atomic E-state index is 8.88. The second kappa shape index (κ2) is 5.18. The van der Waals surface area contributed by atoms with E-state index in [0.29, 0.717) is 0 Å². The van der Waals surface area contributed by atoms with Crippen LogP contribution in [0.2, 0.25) is 0 Å². The molecule has 2 rings (SSSR count). The molecule has 1 heterocycles. The fraction of sp³-hybridized carbons (Fsp3) is 0.571. The van der Waals surface area contributed by atoms with Crippen LogP contribution in [0.4, 0.5) is 5.82 Å². The van der Waals surface area contributed by atoms with Crippen LogP contribution < -0.4 is 4.90 Å². The summed E-state index contributed by atoms with van der Waals surface area (Å²) in [6.45, 7) is 5.73. The minimum atomic E-state index is 0.0463. The lowest BCUT2D eigenvalue weighted by Crippen LogP contribution is -2.28. The molecule has 3 nitrogen and oxygen atoms in total. The molecule has 0 spiro atoms. The number of pyridine rings is 1. The number of aryl methyl sites for hydroxylation is 2. The summed E-state index contributed by atoms with van der Waals surface area (Å²) in [6.07, 6.45) is 3.50. The van der Waals surface area contributed by atoms with Crippen LogP contribution in [-0.4, -0.2) is 18.1 Å². The molecule has 0 saturated heterocycles. The summed E-state index contributed by atoms with van der Waals surface area (Å²) in [4.78, 5) is 6.92. The summed E-state index contributed by atoms with van der Waals surface area (Å²) in [7, 11) is 0. The molecule has 1 atom stereocenters. The molecular weight excluding hydrogens is 210 g/mol. The van der Waals surface area contributed by atoms with Gasteiger partial charge in [-0.2, -0.15) is 5.26 Å². The van der Waals surface area contributed by atoms with E-state index in [1.165, 1.54) is 24.1 Å². The van der Waals surface area contributed by atoms with Crippen LogP contribution >= 0.6 is 0 Å². The van der Waals surface area contributed by atoms with E-state index in [-0.39, 0.29) is 5.92 Å². The molecule has 90 valence electrons. The Morgan fingerprint density at radius 1 is 1.47 bits per heavy atom. The summed E-state index contributed by atoms with van der Waals surface area (Å²) in [5.74, 6) is 1.07. The van der Waals surface area contributed by atoms with Crippen molar-refractivity contribution in [1.29, 1.82) is 5.26 Å². The van der Waals surface area contributed by atoms with E-state index in [4.69, 9.17) is 10.2 Å². The molecule has 1 aliphatic carbocycles. The quantitative estimate of drug-likeness (QED) is 0.796. The van der Waals surface area contributed by atoms with Crippen LogP contribution in [0, 0.1) is 17.2 Å². The lowest BCUT2D eigenvalue weighted by atomic mass is 10.2. The van der Waals surface area contributed by atoms with E-state index >= 15 is 0 Å². The summed E-state index contributed by atoms with van der Waals surface area (Å²) in [5.41, 5.74) is 2.66. The second-order valence-electron chi connectivity index (χ2n) is 4.70. The summed E-state index contributed by atoms with van der Waals surface area (Å²) >= 11 is 0. The van der Waals surface area contributed by atoms with E-state index in [0.717, 1.165) is 25.3 Å². The Kier molecular flexibility index (Phi) is 3.63. The van der Waals surface area contributed by atoms with Crippen LogP contribution in [0.5, 0.6) is 0 Å². The zero-order chi connectivity index (χ0) is 12.3. The molecule has 17 heavy (non-hydrogen) atoms. The number of fused-ring (bicyclic) bond motifs is 1. The molecule has 0 aliphatic heterocycles. The number of hydrogen-bond donors (Lipinski definition) is 0. The number of hydrogen-bond acceptors (Lipinski definition) is 3. The van der Waals surface area contributed by atoms with Crippen molar-refractivity contribution in [2.45, 2.75) is 33.1 Å². The van der Waals surface area contributed by atoms with Gasteiger partial charge >= 0.3 is 0 Å². The van der Waals surface area contributed by atoms with Crippen LogP contribution in [0.15, 0.2) is 12.1 Å². The van der Waals surface area contributed by atoms with Gasteiger partial charge in [-0.05, 0) is 44.7 Å². The van der Waals surface area contributed by atoms with E-state index in [2.05, 4.69) is 30.0 Å². The molecular formula is C14H19N3. The average Bonchev–Trinajstić information content (AvgIpc) is 2.82. The Balaban J connectivity index is 2.17. The summed E-state index contributed by atoms with van der Waals surface area (Å²) < 4.78 is 0. The maximum Gasteiger partial charge on any atom is 0.128 e. The highest BCUT2D eigenvalue weighted by Crippen LogP contribution is 2.23. The smallest absolute Gasteiger partial charge is 0.128 e. The third kappa shape index (κ3) is 2.58. The molecule has 0 aromatic carbocycles. The van der Waals surface area contributed by atoms with Gasteiger partial charge in [0.05, 0.1) is 12.0 Å². The summed E-state index contributed by atoms with van der Waals surface area (Å²) in [6, 6.07) is 6.58. The summed E-state index contributed by atoms with van der Waals surface area (Å²) in [5, 5.41) is 8.88. The number of nitrogens with zero attached hydrogens (tertiary/aromatic N) is 3. The largest absolute Gasteiger partial charge is 0.356 e. The fourth-order valence-corrected chi connectivity index (χ4v) is 2.34. The lowest BCUT2D eigenvalue weighted by molar-refractivity contribution is 0.678. The molecule has 1 aromatic heterocycles. The van der Waals surface area contributed by atoms with Gasteiger partial charge in [-0.15, -0.1) is 0 Å². The lowest BCUT2D eigenvalue weighted by Gasteiger charge is -2.23. The highest BCUT2D eigenvalue weighted by molar-refractivity contribution is 5.43. The first-order valence-electron chi connectivity index (χ1n) is 6.38. The van der Waals surface area contributed by atoms with Crippen molar-refractivity contribution in [3.05, 3.63) is 23.4 Å². The van der Waals surface area contributed by atoms with Crippen molar-refractivity contribution in [3.63, 3.8) is 0 Å². The molecule has 0 N–H and O–H groups in total. The van der Waals surface area contributed by atoms with E-state index in [9.17, 15) is 0 Å². The zero-order valence-electron chi connectivity index (χ0n) is 10.6. The molecule has 0 bridgehead atoms. The van der Waals surface area contributed by atoms with Gasteiger partial charge in [0.2, 0.25) is 0 Å². The SMILES string of the molecule is CCN(CC(C)C#N)c1ccc2c(n1)CCC2. The van der Waals surface area contributed by atoms with E-state index in [1.807, 2.05) is 6.92 Å². The van der Waals surface area contributed by atoms with Crippen molar-refractivity contribution in [1.82, 2.24) is 4.98 Å². The standard InChI is InChI=1S/C14H19N3/c1-3-17(10-11(2)9-15)14-8-7-12-5-4-6-13(12)16-14/h7-8,11H,3-6,10H2,1-2H3. The Bertz CT molecular complexity index is 434. The van der Waals surface area contributed by atoms with Gasteiger partial charge in [0.15, 0.2) is 0 Å². The van der Waals surface area contributed by atoms with Gasteiger partial charge in [0.25, 0.3) is 0 Å². The van der Waals surface area contributed by atoms with E-state index < -0.39 is 0 Å². The average molecular weight is 229 g/mol. The van der Waals surface area contributed by atoms with Crippen LogP contribution in [0.25, 0.3) is 0 Å². The normalized spacial score (nSPS) is 15.1. The third-order valence-electron chi connectivity index (χ3n) is 3.33. The first-order chi connectivity index (χ1) is 8.24. The molecule has 0 saturated carbocycles. The maximum absolute atomic E-state index is 8.88. The van der Waals surface area contributed by atoms with Crippen molar-refractivity contribution in [2.24, 2.45) is 5.92 Å². The molecule has 0 radical (unpaired) electrons. The number of anilines is 1. The number of rotatable bonds is 4. The highest BCUT2D eigenvalue weighted by Gasteiger charge is 2.15. The molecule has 0 amide bonds. The van der Waals surface area contributed by atoms with Gasteiger partial charge in [-0.1, -0.05) is 6.07 Å². The minimum absolute atomic E-state index is 0.0463. The Labute approximate surface area is 103 Å². The monoisotopic (exact) mass is 229 g/mol. The molecule has 1 aromatic rings. The first-order valence-corrected chi connectivity index (χ1v) is 6.38. The number of aromatic nitrogens is 1. The topological polar surface area (TPSA) is 39.9 Å². The second-order valence-corrected chi connectivity index (χ2v) is 4.70. The van der Waals surface area contributed by atoms with Crippen molar-refractivity contribution in [2.75, 3.05) is 18.0 Å². The van der Waals surface area contributed by atoms with Crippen LogP contribution in [0.1, 0.15) is 31.5 Å². The van der Waals surface area contributed by atoms with Gasteiger partial charge in [0, 0.05) is 18.8 Å². The Hall–Kier alpha value is -1.56. The predicted molar refractivity (Wildman–Crippen MR) is 68.9 cm³/mol. The van der Waals surface area contributed by atoms with Gasteiger partial charge < -0.3 is 4.90 Å². The first kappa shape index (κ1) is 11.9. The van der Waals surface area contributed by atoms with Crippen LogP contribution in [-0.2, 0) is 12.8 Å². The van der Waals surface area contributed by atoms with Gasteiger partial charge in [-0.25, -0.2) is 4.98 Å². The zero-order valence-corrected chi connectivity index (χ0v) is 10.6.